The van der Waals surface area contributed by atoms with E-state index in [2.05, 4.69) is 15.3 Å². The second-order valence-corrected chi connectivity index (χ2v) is 6.33. The number of nitrogen functional groups attached to an aromatic ring is 1. The first-order valence-corrected chi connectivity index (χ1v) is 8.65. The van der Waals surface area contributed by atoms with Crippen molar-refractivity contribution < 1.29 is 9.18 Å². The lowest BCUT2D eigenvalue weighted by atomic mass is 10.2. The third-order valence-electron chi connectivity index (χ3n) is 3.49. The van der Waals surface area contributed by atoms with Crippen LogP contribution in [0.2, 0.25) is 0 Å². The lowest BCUT2D eigenvalue weighted by Gasteiger charge is -2.08. The summed E-state index contributed by atoms with van der Waals surface area (Å²) >= 11 is 1.33. The largest absolute Gasteiger partial charge is 0.382 e. The molecule has 0 aliphatic carbocycles. The zero-order valence-electron chi connectivity index (χ0n) is 13.5. The van der Waals surface area contributed by atoms with Gasteiger partial charge in [-0.05, 0) is 29.8 Å². The number of benzene rings is 2. The molecule has 0 aliphatic rings. The number of thioether (sulfide) groups is 1. The van der Waals surface area contributed by atoms with Crippen LogP contribution in [0.4, 0.5) is 15.9 Å². The number of nitrogens with one attached hydrogen (secondary N) is 2. The number of aromatic nitrogens is 2. The third-order valence-corrected chi connectivity index (χ3v) is 4.43. The minimum Gasteiger partial charge on any atom is -0.382 e. The number of nitrogens with zero attached hydrogens (tertiary/aromatic N) is 1. The van der Waals surface area contributed by atoms with Crippen LogP contribution in [0.3, 0.4) is 0 Å². The Kier molecular flexibility index (Phi) is 5.33. The molecule has 132 valence electrons. The molecule has 0 saturated carbocycles. The lowest BCUT2D eigenvalue weighted by molar-refractivity contribution is 0.102. The number of carbonyl (C=O) groups excluding carboxylic acids is 1. The highest BCUT2D eigenvalue weighted by molar-refractivity contribution is 7.98. The molecule has 0 atom stereocenters. The van der Waals surface area contributed by atoms with E-state index in [1.807, 2.05) is 30.3 Å². The molecule has 0 spiro atoms. The number of hydrogen-bond donors (Lipinski definition) is 3. The summed E-state index contributed by atoms with van der Waals surface area (Å²) in [4.78, 5) is 31.1. The Hall–Kier alpha value is -3.13. The van der Waals surface area contributed by atoms with E-state index in [1.165, 1.54) is 23.9 Å². The molecule has 0 bridgehead atoms. The molecule has 0 radical (unpaired) electrons. The molecule has 0 aliphatic heterocycles. The minimum absolute atomic E-state index is 0.0835. The monoisotopic (exact) mass is 370 g/mol. The smallest absolute Gasteiger partial charge is 0.277 e. The van der Waals surface area contributed by atoms with Gasteiger partial charge in [-0.25, -0.2) is 9.37 Å². The van der Waals surface area contributed by atoms with Gasteiger partial charge in [0.25, 0.3) is 11.5 Å². The van der Waals surface area contributed by atoms with Crippen molar-refractivity contribution in [1.29, 1.82) is 0 Å². The van der Waals surface area contributed by atoms with Gasteiger partial charge in [0.15, 0.2) is 11.0 Å². The molecule has 0 fully saturated rings. The summed E-state index contributed by atoms with van der Waals surface area (Å²) in [6, 6.07) is 14.6. The number of amides is 1. The topological polar surface area (TPSA) is 101 Å². The summed E-state index contributed by atoms with van der Waals surface area (Å²) in [5.74, 6) is -0.501. The highest BCUT2D eigenvalue weighted by atomic mass is 32.2. The van der Waals surface area contributed by atoms with Gasteiger partial charge >= 0.3 is 0 Å². The lowest BCUT2D eigenvalue weighted by Crippen LogP contribution is -2.23. The van der Waals surface area contributed by atoms with Crippen LogP contribution in [0.5, 0.6) is 0 Å². The van der Waals surface area contributed by atoms with Crippen molar-refractivity contribution in [2.75, 3.05) is 11.1 Å². The van der Waals surface area contributed by atoms with Crippen molar-refractivity contribution in [2.24, 2.45) is 0 Å². The summed E-state index contributed by atoms with van der Waals surface area (Å²) in [7, 11) is 0. The van der Waals surface area contributed by atoms with E-state index in [1.54, 1.807) is 0 Å². The van der Waals surface area contributed by atoms with Crippen molar-refractivity contribution >= 4 is 29.2 Å². The number of halogens is 1. The molecule has 0 saturated heterocycles. The predicted molar refractivity (Wildman–Crippen MR) is 99.6 cm³/mol. The van der Waals surface area contributed by atoms with Crippen LogP contribution in [0, 0.1) is 5.82 Å². The van der Waals surface area contributed by atoms with Gasteiger partial charge in [-0.3, -0.25) is 14.6 Å². The second kappa shape index (κ2) is 7.83. The summed E-state index contributed by atoms with van der Waals surface area (Å²) in [5.41, 5.74) is 6.41. The van der Waals surface area contributed by atoms with Crippen LogP contribution in [-0.2, 0) is 5.75 Å². The van der Waals surface area contributed by atoms with Crippen LogP contribution in [0.1, 0.15) is 15.9 Å². The van der Waals surface area contributed by atoms with Gasteiger partial charge in [0.2, 0.25) is 0 Å². The highest BCUT2D eigenvalue weighted by Crippen LogP contribution is 2.21. The maximum Gasteiger partial charge on any atom is 0.277 e. The van der Waals surface area contributed by atoms with Gasteiger partial charge in [-0.2, -0.15) is 0 Å². The first kappa shape index (κ1) is 17.7. The van der Waals surface area contributed by atoms with E-state index in [4.69, 9.17) is 5.73 Å². The molecule has 1 heterocycles. The number of nitrogens with two attached hydrogens (primary N) is 1. The first-order valence-electron chi connectivity index (χ1n) is 7.66. The fraction of sp³-hybridized carbons (Fsp3) is 0.0556. The Morgan fingerprint density at radius 2 is 1.85 bits per heavy atom. The van der Waals surface area contributed by atoms with E-state index < -0.39 is 17.3 Å². The first-order chi connectivity index (χ1) is 12.5. The molecule has 0 unspecified atom stereocenters. The molecule has 1 amide bonds. The van der Waals surface area contributed by atoms with Gasteiger partial charge in [0, 0.05) is 11.3 Å². The van der Waals surface area contributed by atoms with E-state index in [9.17, 15) is 14.0 Å². The van der Waals surface area contributed by atoms with Crippen molar-refractivity contribution in [3.05, 3.63) is 81.9 Å². The highest BCUT2D eigenvalue weighted by Gasteiger charge is 2.14. The van der Waals surface area contributed by atoms with E-state index in [0.717, 1.165) is 17.7 Å². The number of anilines is 2. The second-order valence-electron chi connectivity index (χ2n) is 5.37. The molecule has 2 aromatic carbocycles. The zero-order valence-corrected chi connectivity index (χ0v) is 14.3. The quantitative estimate of drug-likeness (QED) is 0.473. The van der Waals surface area contributed by atoms with Gasteiger partial charge in [0.05, 0.1) is 0 Å². The number of aromatic amines is 1. The molecule has 8 heteroatoms. The van der Waals surface area contributed by atoms with Crippen LogP contribution in [-0.4, -0.2) is 15.9 Å². The van der Waals surface area contributed by atoms with E-state index >= 15 is 0 Å². The van der Waals surface area contributed by atoms with Crippen LogP contribution in [0.15, 0.2) is 64.5 Å². The van der Waals surface area contributed by atoms with E-state index in [-0.39, 0.29) is 17.1 Å². The van der Waals surface area contributed by atoms with Gasteiger partial charge in [-0.15, -0.1) is 0 Å². The summed E-state index contributed by atoms with van der Waals surface area (Å²) in [5, 5.41) is 2.77. The van der Waals surface area contributed by atoms with Gasteiger partial charge in [-0.1, -0.05) is 42.1 Å². The summed E-state index contributed by atoms with van der Waals surface area (Å²) in [6.07, 6.45) is 0. The van der Waals surface area contributed by atoms with Crippen molar-refractivity contribution in [3.63, 3.8) is 0 Å². The maximum absolute atomic E-state index is 12.9. The molecule has 4 N–H and O–H groups in total. The fourth-order valence-corrected chi connectivity index (χ4v) is 2.99. The van der Waals surface area contributed by atoms with Crippen LogP contribution < -0.4 is 16.6 Å². The van der Waals surface area contributed by atoms with Crippen LogP contribution >= 0.6 is 11.8 Å². The Bertz CT molecular complexity index is 975. The van der Waals surface area contributed by atoms with Crippen molar-refractivity contribution in [2.45, 2.75) is 10.9 Å². The van der Waals surface area contributed by atoms with Crippen molar-refractivity contribution in [1.82, 2.24) is 9.97 Å². The Morgan fingerprint density at radius 1 is 1.15 bits per heavy atom. The predicted octanol–water partition coefficient (Wildman–Crippen LogP) is 3.04. The summed E-state index contributed by atoms with van der Waals surface area (Å²) in [6.45, 7) is 0. The standard InChI is InChI=1S/C18H15FN4O2S/c19-13-8-6-12(7-9-13)16(24)21-14-15(20)22-18(23-17(14)25)26-10-11-4-2-1-3-5-11/h1-9H,10H2,(H,21,24)(H3,20,22,23,25). The number of hydrogen-bond acceptors (Lipinski definition) is 5. The molecule has 3 aromatic rings. The average molecular weight is 370 g/mol. The maximum atomic E-state index is 12.9. The normalized spacial score (nSPS) is 10.5. The SMILES string of the molecule is Nc1nc(SCc2ccccc2)[nH]c(=O)c1NC(=O)c1ccc(F)cc1. The molecule has 6 nitrogen and oxygen atoms in total. The fourth-order valence-electron chi connectivity index (χ4n) is 2.17. The molecular weight excluding hydrogens is 355 g/mol. The number of rotatable bonds is 5. The number of carbonyl (C=O) groups is 1. The molecule has 1 aromatic heterocycles. The van der Waals surface area contributed by atoms with Crippen LogP contribution in [0.25, 0.3) is 0 Å². The molecule has 3 rings (SSSR count). The van der Waals surface area contributed by atoms with Gasteiger partial charge < -0.3 is 11.1 Å². The number of H-pyrrole nitrogens is 1. The Balaban J connectivity index is 1.73. The van der Waals surface area contributed by atoms with Gasteiger partial charge in [0.1, 0.15) is 11.5 Å². The molecule has 26 heavy (non-hydrogen) atoms. The summed E-state index contributed by atoms with van der Waals surface area (Å²) < 4.78 is 12.9. The average Bonchev–Trinajstić information content (AvgIpc) is 2.64. The van der Waals surface area contributed by atoms with E-state index in [0.29, 0.717) is 10.9 Å². The third kappa shape index (κ3) is 4.28. The Morgan fingerprint density at radius 3 is 2.50 bits per heavy atom. The van der Waals surface area contributed by atoms with Crippen molar-refractivity contribution in [3.8, 4) is 0 Å². The Labute approximate surface area is 152 Å². The molecular formula is C18H15FN4O2S. The minimum atomic E-state index is -0.575. The zero-order chi connectivity index (χ0) is 18.5.